The van der Waals surface area contributed by atoms with Gasteiger partial charge in [-0.05, 0) is 0 Å². The summed E-state index contributed by atoms with van der Waals surface area (Å²) in [6.45, 7) is 0. The average molecular weight is 329 g/mol. The van der Waals surface area contributed by atoms with Crippen molar-refractivity contribution in [3.8, 4) is 0 Å². The molecule has 0 amide bonds. The minimum atomic E-state index is 0.887. The second kappa shape index (κ2) is 6.51. The molecule has 6 heteroatoms. The Morgan fingerprint density at radius 3 is 1.44 bits per heavy atom. The molecule has 0 aliphatic carbocycles. The van der Waals surface area contributed by atoms with Gasteiger partial charge in [-0.15, -0.1) is 47.0 Å². The molecule has 3 heterocycles. The largest absolute Gasteiger partial charge is 0.156 e. The SMILES string of the molecule is C1SC1CSC1CSC(SCC2CS2)CS1. The lowest BCUT2D eigenvalue weighted by molar-refractivity contribution is 1.24. The topological polar surface area (TPSA) is 0 Å². The second-order valence-corrected chi connectivity index (χ2v) is 12.3. The van der Waals surface area contributed by atoms with Gasteiger partial charge in [-0.25, -0.2) is 0 Å². The van der Waals surface area contributed by atoms with Crippen LogP contribution in [0.5, 0.6) is 0 Å². The Balaban J connectivity index is 1.28. The van der Waals surface area contributed by atoms with E-state index in [-0.39, 0.29) is 0 Å². The summed E-state index contributed by atoms with van der Waals surface area (Å²) >= 11 is 13.1. The van der Waals surface area contributed by atoms with E-state index in [4.69, 9.17) is 0 Å². The molecule has 0 N–H and O–H groups in total. The molecule has 0 radical (unpaired) electrons. The van der Waals surface area contributed by atoms with Crippen molar-refractivity contribution in [1.29, 1.82) is 0 Å². The predicted octanol–water partition coefficient (Wildman–Crippen LogP) is 3.82. The minimum absolute atomic E-state index is 0.887. The summed E-state index contributed by atoms with van der Waals surface area (Å²) in [5, 5.41) is 2.02. The Morgan fingerprint density at radius 1 is 0.688 bits per heavy atom. The molecule has 4 atom stereocenters. The summed E-state index contributed by atoms with van der Waals surface area (Å²) in [4.78, 5) is 0. The molecule has 3 aliphatic rings. The van der Waals surface area contributed by atoms with E-state index >= 15 is 0 Å². The number of thioether (sulfide) groups is 6. The number of rotatable bonds is 6. The summed E-state index contributed by atoms with van der Waals surface area (Å²) in [6, 6.07) is 0. The fourth-order valence-corrected chi connectivity index (χ4v) is 9.50. The highest BCUT2D eigenvalue weighted by Crippen LogP contribution is 2.44. The maximum absolute atomic E-state index is 2.22. The molecule has 0 bridgehead atoms. The van der Waals surface area contributed by atoms with Crippen molar-refractivity contribution < 1.29 is 0 Å². The van der Waals surface area contributed by atoms with E-state index in [0.717, 1.165) is 19.7 Å². The molecule has 92 valence electrons. The summed E-state index contributed by atoms with van der Waals surface area (Å²) in [5.74, 6) is 8.41. The minimum Gasteiger partial charge on any atom is -0.156 e. The molecule has 0 spiro atoms. The highest BCUT2D eigenvalue weighted by molar-refractivity contribution is 8.24. The van der Waals surface area contributed by atoms with Gasteiger partial charge in [0, 0.05) is 45.0 Å². The van der Waals surface area contributed by atoms with Gasteiger partial charge in [-0.2, -0.15) is 23.5 Å². The Morgan fingerprint density at radius 2 is 1.12 bits per heavy atom. The van der Waals surface area contributed by atoms with Crippen LogP contribution in [0, 0.1) is 0 Å². The lowest BCUT2D eigenvalue weighted by Crippen LogP contribution is -2.18. The fraction of sp³-hybridized carbons (Fsp3) is 1.00. The first-order chi connectivity index (χ1) is 7.90. The van der Waals surface area contributed by atoms with Crippen molar-refractivity contribution in [1.82, 2.24) is 0 Å². The van der Waals surface area contributed by atoms with E-state index in [1.807, 2.05) is 0 Å². The Hall–Kier alpha value is 2.10. The number of hydrogen-bond donors (Lipinski definition) is 0. The zero-order chi connectivity index (χ0) is 10.8. The highest BCUT2D eigenvalue weighted by Gasteiger charge is 2.29. The second-order valence-electron chi connectivity index (χ2n) is 4.10. The van der Waals surface area contributed by atoms with Gasteiger partial charge in [-0.1, -0.05) is 0 Å². The normalized spacial score (nSPS) is 42.0. The average Bonchev–Trinajstić information content (AvgIpc) is 3.17. The van der Waals surface area contributed by atoms with Gasteiger partial charge < -0.3 is 0 Å². The third-order valence-corrected chi connectivity index (χ3v) is 11.8. The van der Waals surface area contributed by atoms with Crippen LogP contribution in [0.2, 0.25) is 0 Å². The Labute approximate surface area is 124 Å². The van der Waals surface area contributed by atoms with E-state index in [1.165, 1.54) is 34.5 Å². The van der Waals surface area contributed by atoms with Gasteiger partial charge in [0.2, 0.25) is 0 Å². The zero-order valence-corrected chi connectivity index (χ0v) is 13.9. The predicted molar refractivity (Wildman–Crippen MR) is 89.9 cm³/mol. The smallest absolute Gasteiger partial charge is 0.0594 e. The van der Waals surface area contributed by atoms with Gasteiger partial charge >= 0.3 is 0 Å². The lowest BCUT2D eigenvalue weighted by Gasteiger charge is -2.26. The van der Waals surface area contributed by atoms with Crippen molar-refractivity contribution in [2.45, 2.75) is 19.7 Å². The fourth-order valence-electron chi connectivity index (χ4n) is 1.42. The molecular weight excluding hydrogens is 313 g/mol. The van der Waals surface area contributed by atoms with Crippen LogP contribution in [-0.4, -0.2) is 54.2 Å². The first-order valence-corrected chi connectivity index (χ1v) is 11.9. The molecule has 0 nitrogen and oxygen atoms in total. The molecular formula is C10H16S6. The monoisotopic (exact) mass is 328 g/mol. The van der Waals surface area contributed by atoms with Gasteiger partial charge in [0.15, 0.2) is 0 Å². The van der Waals surface area contributed by atoms with E-state index in [0.29, 0.717) is 0 Å². The molecule has 0 saturated carbocycles. The lowest BCUT2D eigenvalue weighted by atomic mass is 10.6. The summed E-state index contributed by atoms with van der Waals surface area (Å²) in [7, 11) is 0. The van der Waals surface area contributed by atoms with Crippen LogP contribution in [0.25, 0.3) is 0 Å². The maximum Gasteiger partial charge on any atom is 0.0594 e. The summed E-state index contributed by atoms with van der Waals surface area (Å²) in [6.07, 6.45) is 0. The summed E-state index contributed by atoms with van der Waals surface area (Å²) < 4.78 is 1.77. The van der Waals surface area contributed by atoms with Crippen LogP contribution in [0.4, 0.5) is 0 Å². The van der Waals surface area contributed by atoms with Crippen molar-refractivity contribution in [2.24, 2.45) is 0 Å². The Kier molecular flexibility index (Phi) is 5.33. The van der Waals surface area contributed by atoms with Crippen molar-refractivity contribution in [3.63, 3.8) is 0 Å². The van der Waals surface area contributed by atoms with Gasteiger partial charge in [0.05, 0.1) is 9.16 Å². The molecule has 3 fully saturated rings. The molecule has 3 rings (SSSR count). The standard InChI is InChI=1S/C10H16S6/c1-7(11-1)3-13-9-5-16-10(6-15-9)14-4-8-2-12-8/h7-10H,1-6H2. The molecule has 0 aromatic rings. The zero-order valence-electron chi connectivity index (χ0n) is 9.00. The molecule has 0 aromatic carbocycles. The van der Waals surface area contributed by atoms with E-state index in [2.05, 4.69) is 70.6 Å². The van der Waals surface area contributed by atoms with Crippen LogP contribution >= 0.6 is 70.6 Å². The molecule has 3 saturated heterocycles. The van der Waals surface area contributed by atoms with E-state index < -0.39 is 0 Å². The third kappa shape index (κ3) is 4.65. The van der Waals surface area contributed by atoms with Gasteiger partial charge in [0.1, 0.15) is 0 Å². The van der Waals surface area contributed by atoms with Crippen molar-refractivity contribution in [3.05, 3.63) is 0 Å². The molecule has 0 aromatic heterocycles. The third-order valence-electron chi connectivity index (χ3n) is 2.58. The quantitative estimate of drug-likeness (QED) is 0.675. The van der Waals surface area contributed by atoms with Crippen molar-refractivity contribution in [2.75, 3.05) is 34.5 Å². The van der Waals surface area contributed by atoms with Crippen LogP contribution in [0.15, 0.2) is 0 Å². The van der Waals surface area contributed by atoms with Crippen LogP contribution in [0.1, 0.15) is 0 Å². The maximum atomic E-state index is 2.22. The number of hydrogen-bond acceptors (Lipinski definition) is 6. The molecule has 3 aliphatic heterocycles. The van der Waals surface area contributed by atoms with Crippen molar-refractivity contribution >= 4 is 70.6 Å². The van der Waals surface area contributed by atoms with Crippen LogP contribution in [-0.2, 0) is 0 Å². The van der Waals surface area contributed by atoms with E-state index in [1.54, 1.807) is 0 Å². The van der Waals surface area contributed by atoms with E-state index in [9.17, 15) is 0 Å². The first-order valence-electron chi connectivity index (χ1n) is 5.60. The summed E-state index contributed by atoms with van der Waals surface area (Å²) in [5.41, 5.74) is 0. The molecule has 4 unspecified atom stereocenters. The molecule has 16 heavy (non-hydrogen) atoms. The van der Waals surface area contributed by atoms with Crippen LogP contribution < -0.4 is 0 Å². The van der Waals surface area contributed by atoms with Gasteiger partial charge in [-0.3, -0.25) is 0 Å². The van der Waals surface area contributed by atoms with Gasteiger partial charge in [0.25, 0.3) is 0 Å². The first kappa shape index (κ1) is 13.1. The van der Waals surface area contributed by atoms with Crippen LogP contribution in [0.3, 0.4) is 0 Å². The highest BCUT2D eigenvalue weighted by atomic mass is 32.2. The Bertz CT molecular complexity index is 195.